The Balaban J connectivity index is 1.82. The van der Waals surface area contributed by atoms with E-state index in [0.717, 1.165) is 33.0 Å². The molecule has 29 heavy (non-hydrogen) atoms. The maximum absolute atomic E-state index is 12.5. The summed E-state index contributed by atoms with van der Waals surface area (Å²) < 4.78 is 25.9. The Bertz CT molecular complexity index is 974. The van der Waals surface area contributed by atoms with Crippen molar-refractivity contribution in [1.29, 1.82) is 0 Å². The van der Waals surface area contributed by atoms with Crippen LogP contribution in [0.1, 0.15) is 17.0 Å². The van der Waals surface area contributed by atoms with E-state index in [2.05, 4.69) is 20.8 Å². The van der Waals surface area contributed by atoms with E-state index in [1.807, 2.05) is 26.8 Å². The van der Waals surface area contributed by atoms with Crippen LogP contribution in [0.2, 0.25) is 0 Å². The van der Waals surface area contributed by atoms with Crippen LogP contribution in [0.4, 0.5) is 0 Å². The highest BCUT2D eigenvalue weighted by Crippen LogP contribution is 2.15. The third-order valence-corrected chi connectivity index (χ3v) is 6.40. The van der Waals surface area contributed by atoms with E-state index >= 15 is 0 Å². The fraction of sp³-hybridized carbons (Fsp3) is 0.333. The molecule has 0 spiro atoms. The molecule has 1 aromatic carbocycles. The van der Waals surface area contributed by atoms with Gasteiger partial charge in [-0.1, -0.05) is 29.5 Å². The number of benzene rings is 1. The minimum Gasteiger partial charge on any atom is -0.272 e. The molecule has 0 unspecified atom stereocenters. The minimum absolute atomic E-state index is 0.000672. The monoisotopic (exact) mass is 437 g/mol. The molecule has 0 saturated carbocycles. The van der Waals surface area contributed by atoms with Gasteiger partial charge in [0.25, 0.3) is 5.91 Å². The molecule has 0 aliphatic heterocycles. The highest BCUT2D eigenvalue weighted by Gasteiger charge is 2.23. The van der Waals surface area contributed by atoms with Crippen LogP contribution in [0.3, 0.4) is 0 Å². The van der Waals surface area contributed by atoms with Crippen molar-refractivity contribution in [3.05, 3.63) is 47.3 Å². The first-order chi connectivity index (χ1) is 13.6. The van der Waals surface area contributed by atoms with Crippen molar-refractivity contribution < 1.29 is 18.0 Å². The maximum Gasteiger partial charge on any atom is 0.253 e. The molecule has 2 amide bonds. The standard InChI is InChI=1S/C18H23N5O4S2/c1-12-5-7-15(8-6-12)29(26,27)23(4)10-16(24)21-22-17(25)11-28-18-19-13(2)9-14(3)20-18/h5-9H,10-11H2,1-4H3,(H,21,24)(H,22,25). The number of hydrogen-bond donors (Lipinski definition) is 2. The number of amides is 2. The third-order valence-electron chi connectivity index (χ3n) is 3.73. The molecule has 0 aliphatic carbocycles. The number of carbonyl (C=O) groups is 2. The molecule has 2 rings (SSSR count). The lowest BCUT2D eigenvalue weighted by atomic mass is 10.2. The van der Waals surface area contributed by atoms with Gasteiger partial charge in [-0.15, -0.1) is 0 Å². The Morgan fingerprint density at radius 3 is 2.14 bits per heavy atom. The van der Waals surface area contributed by atoms with Crippen molar-refractivity contribution in [2.45, 2.75) is 30.8 Å². The molecular weight excluding hydrogens is 414 g/mol. The molecule has 9 nitrogen and oxygen atoms in total. The van der Waals surface area contributed by atoms with E-state index in [1.54, 1.807) is 12.1 Å². The Labute approximate surface area is 174 Å². The molecule has 0 atom stereocenters. The van der Waals surface area contributed by atoms with E-state index in [1.165, 1.54) is 19.2 Å². The van der Waals surface area contributed by atoms with Crippen LogP contribution in [0.25, 0.3) is 0 Å². The summed E-state index contributed by atoms with van der Waals surface area (Å²) >= 11 is 1.13. The van der Waals surface area contributed by atoms with Crippen LogP contribution < -0.4 is 10.9 Å². The molecule has 2 aromatic rings. The number of aryl methyl sites for hydroxylation is 3. The largest absolute Gasteiger partial charge is 0.272 e. The number of sulfonamides is 1. The molecule has 1 aromatic heterocycles. The summed E-state index contributed by atoms with van der Waals surface area (Å²) in [5, 5.41) is 0.466. The van der Waals surface area contributed by atoms with Gasteiger partial charge in [0.1, 0.15) is 0 Å². The highest BCUT2D eigenvalue weighted by atomic mass is 32.2. The zero-order chi connectivity index (χ0) is 21.6. The normalized spacial score (nSPS) is 11.3. The molecule has 11 heteroatoms. The predicted molar refractivity (Wildman–Crippen MR) is 110 cm³/mol. The Morgan fingerprint density at radius 2 is 1.55 bits per heavy atom. The Kier molecular flexibility index (Phi) is 7.71. The summed E-state index contributed by atoms with van der Waals surface area (Å²) in [6.07, 6.45) is 0. The zero-order valence-electron chi connectivity index (χ0n) is 16.6. The van der Waals surface area contributed by atoms with E-state index in [0.29, 0.717) is 5.16 Å². The van der Waals surface area contributed by atoms with E-state index in [-0.39, 0.29) is 10.6 Å². The topological polar surface area (TPSA) is 121 Å². The fourth-order valence-corrected chi connectivity index (χ4v) is 4.16. The van der Waals surface area contributed by atoms with Crippen LogP contribution in [0.5, 0.6) is 0 Å². The number of likely N-dealkylation sites (N-methyl/N-ethyl adjacent to an activating group) is 1. The van der Waals surface area contributed by atoms with Gasteiger partial charge in [0.05, 0.1) is 17.2 Å². The summed E-state index contributed by atoms with van der Waals surface area (Å²) in [5.74, 6) is -1.12. The van der Waals surface area contributed by atoms with Gasteiger partial charge in [-0.2, -0.15) is 4.31 Å². The van der Waals surface area contributed by atoms with Crippen molar-refractivity contribution >= 4 is 33.6 Å². The summed E-state index contributed by atoms with van der Waals surface area (Å²) in [6, 6.07) is 8.14. The average Bonchev–Trinajstić information content (AvgIpc) is 2.64. The van der Waals surface area contributed by atoms with E-state index in [4.69, 9.17) is 0 Å². The summed E-state index contributed by atoms with van der Waals surface area (Å²) in [4.78, 5) is 32.4. The second-order valence-electron chi connectivity index (χ2n) is 6.39. The van der Waals surface area contributed by atoms with Crippen LogP contribution in [0, 0.1) is 20.8 Å². The van der Waals surface area contributed by atoms with Crippen molar-refractivity contribution in [1.82, 2.24) is 25.1 Å². The lowest BCUT2D eigenvalue weighted by Crippen LogP contribution is -2.47. The number of aromatic nitrogens is 2. The molecule has 0 bridgehead atoms. The van der Waals surface area contributed by atoms with Crippen molar-refractivity contribution in [2.24, 2.45) is 0 Å². The number of nitrogens with zero attached hydrogens (tertiary/aromatic N) is 3. The molecule has 1 heterocycles. The zero-order valence-corrected chi connectivity index (χ0v) is 18.2. The molecule has 0 fully saturated rings. The number of hydrazine groups is 1. The average molecular weight is 438 g/mol. The number of thioether (sulfide) groups is 1. The third kappa shape index (κ3) is 6.80. The second kappa shape index (κ2) is 9.81. The summed E-state index contributed by atoms with van der Waals surface area (Å²) in [5.41, 5.74) is 6.98. The van der Waals surface area contributed by atoms with E-state index < -0.39 is 28.4 Å². The molecule has 0 saturated heterocycles. The van der Waals surface area contributed by atoms with Crippen LogP contribution in [-0.2, 0) is 19.6 Å². The van der Waals surface area contributed by atoms with Crippen LogP contribution in [-0.4, -0.2) is 53.9 Å². The van der Waals surface area contributed by atoms with Crippen molar-refractivity contribution in [3.8, 4) is 0 Å². The Morgan fingerprint density at radius 1 is 1.00 bits per heavy atom. The summed E-state index contributed by atoms with van der Waals surface area (Å²) in [7, 11) is -2.51. The number of hydrogen-bond acceptors (Lipinski definition) is 7. The molecule has 156 valence electrons. The molecule has 0 radical (unpaired) electrons. The lowest BCUT2D eigenvalue weighted by Gasteiger charge is -2.17. The predicted octanol–water partition coefficient (Wildman–Crippen LogP) is 0.962. The number of nitrogens with one attached hydrogen (secondary N) is 2. The smallest absolute Gasteiger partial charge is 0.253 e. The minimum atomic E-state index is -3.80. The SMILES string of the molecule is Cc1ccc(S(=O)(=O)N(C)CC(=O)NNC(=O)CSc2nc(C)cc(C)n2)cc1. The maximum atomic E-state index is 12.5. The van der Waals surface area contributed by atoms with Crippen LogP contribution >= 0.6 is 11.8 Å². The fourth-order valence-electron chi connectivity index (χ4n) is 2.28. The number of carbonyl (C=O) groups excluding carboxylic acids is 2. The molecular formula is C18H23N5O4S2. The quantitative estimate of drug-likeness (QED) is 0.376. The van der Waals surface area contributed by atoms with Crippen LogP contribution in [0.15, 0.2) is 40.4 Å². The van der Waals surface area contributed by atoms with Crippen molar-refractivity contribution in [2.75, 3.05) is 19.3 Å². The van der Waals surface area contributed by atoms with Gasteiger partial charge in [0, 0.05) is 18.4 Å². The Hall–Kier alpha value is -2.50. The van der Waals surface area contributed by atoms with Gasteiger partial charge in [-0.05, 0) is 39.0 Å². The first-order valence-electron chi connectivity index (χ1n) is 8.63. The second-order valence-corrected chi connectivity index (χ2v) is 9.38. The molecule has 2 N–H and O–H groups in total. The highest BCUT2D eigenvalue weighted by molar-refractivity contribution is 7.99. The molecule has 0 aliphatic rings. The van der Waals surface area contributed by atoms with Crippen molar-refractivity contribution in [3.63, 3.8) is 0 Å². The summed E-state index contributed by atoms with van der Waals surface area (Å²) in [6.45, 7) is 5.07. The first kappa shape index (κ1) is 22.8. The van der Waals surface area contributed by atoms with Gasteiger partial charge >= 0.3 is 0 Å². The van der Waals surface area contributed by atoms with Gasteiger partial charge in [-0.3, -0.25) is 20.4 Å². The lowest BCUT2D eigenvalue weighted by molar-refractivity contribution is -0.127. The van der Waals surface area contributed by atoms with Gasteiger partial charge in [-0.25, -0.2) is 18.4 Å². The van der Waals surface area contributed by atoms with Gasteiger partial charge in [0.2, 0.25) is 15.9 Å². The number of rotatable bonds is 7. The van der Waals surface area contributed by atoms with Gasteiger partial charge < -0.3 is 0 Å². The van der Waals surface area contributed by atoms with Gasteiger partial charge in [0.15, 0.2) is 5.16 Å². The first-order valence-corrected chi connectivity index (χ1v) is 11.1. The van der Waals surface area contributed by atoms with E-state index in [9.17, 15) is 18.0 Å².